The minimum absolute atomic E-state index is 0.144. The molecule has 0 fully saturated rings. The molecule has 0 aromatic carbocycles. The van der Waals surface area contributed by atoms with Gasteiger partial charge in [-0.15, -0.1) is 0 Å². The minimum Gasteiger partial charge on any atom is -0.389 e. The minimum atomic E-state index is -0.723. The van der Waals surface area contributed by atoms with Gasteiger partial charge in [0.1, 0.15) is 0 Å². The number of rotatable bonds is 7. The molecule has 102 valence electrons. The van der Waals surface area contributed by atoms with Crippen LogP contribution in [0, 0.1) is 0 Å². The Balaban J connectivity index is 2.83. The molecule has 6 nitrogen and oxygen atoms in total. The summed E-state index contributed by atoms with van der Waals surface area (Å²) in [7, 11) is 1.50. The van der Waals surface area contributed by atoms with Crippen molar-refractivity contribution < 1.29 is 9.84 Å². The quantitative estimate of drug-likeness (QED) is 0.748. The molecule has 0 aliphatic heterocycles. The zero-order valence-electron chi connectivity index (χ0n) is 11.2. The number of hydrogen-bond acceptors (Lipinski definition) is 5. The summed E-state index contributed by atoms with van der Waals surface area (Å²) in [6.07, 6.45) is 0.924. The van der Waals surface area contributed by atoms with Crippen LogP contribution in [-0.2, 0) is 11.3 Å². The van der Waals surface area contributed by atoms with Crippen molar-refractivity contribution in [3.05, 3.63) is 22.6 Å². The first-order valence-electron chi connectivity index (χ1n) is 6.11. The summed E-state index contributed by atoms with van der Waals surface area (Å²) >= 11 is 0. The highest BCUT2D eigenvalue weighted by atomic mass is 16.5. The third kappa shape index (κ3) is 3.82. The lowest BCUT2D eigenvalue weighted by atomic mass is 10.3. The fourth-order valence-corrected chi connectivity index (χ4v) is 1.77. The van der Waals surface area contributed by atoms with Crippen molar-refractivity contribution >= 4 is 5.69 Å². The lowest BCUT2D eigenvalue weighted by molar-refractivity contribution is 0.0504. The predicted molar refractivity (Wildman–Crippen MR) is 69.9 cm³/mol. The Morgan fingerprint density at radius 3 is 2.67 bits per heavy atom. The first kappa shape index (κ1) is 14.7. The molecule has 0 spiro atoms. The van der Waals surface area contributed by atoms with Gasteiger partial charge in [-0.3, -0.25) is 4.79 Å². The molecule has 0 amide bonds. The average Bonchev–Trinajstić information content (AvgIpc) is 2.34. The zero-order chi connectivity index (χ0) is 13.5. The van der Waals surface area contributed by atoms with Crippen LogP contribution in [0.4, 0.5) is 5.69 Å². The molecule has 0 aliphatic carbocycles. The molecule has 1 aromatic rings. The molecule has 1 heterocycles. The standard InChI is InChI=1S/C12H21N3O3/c1-4-14(5-2)10-6-12(17)15(13-7-10)8-11(16)9-18-3/h6-7,11,16H,4-5,8-9H2,1-3H3. The largest absolute Gasteiger partial charge is 0.389 e. The third-order valence-electron chi connectivity index (χ3n) is 2.73. The SMILES string of the molecule is CCN(CC)c1cnn(CC(O)COC)c(=O)c1. The summed E-state index contributed by atoms with van der Waals surface area (Å²) < 4.78 is 6.06. The number of nitrogens with zero attached hydrogens (tertiary/aromatic N) is 3. The fourth-order valence-electron chi connectivity index (χ4n) is 1.77. The summed E-state index contributed by atoms with van der Waals surface area (Å²) in [6.45, 7) is 6.04. The van der Waals surface area contributed by atoms with Crippen LogP contribution in [0.25, 0.3) is 0 Å². The molecule has 0 bridgehead atoms. The second-order valence-corrected chi connectivity index (χ2v) is 4.02. The van der Waals surface area contributed by atoms with Crippen LogP contribution in [0.2, 0.25) is 0 Å². The second kappa shape index (κ2) is 7.13. The highest BCUT2D eigenvalue weighted by molar-refractivity contribution is 5.42. The molecule has 0 saturated heterocycles. The van der Waals surface area contributed by atoms with Crippen LogP contribution in [-0.4, -0.2) is 47.8 Å². The van der Waals surface area contributed by atoms with Gasteiger partial charge in [-0.1, -0.05) is 0 Å². The van der Waals surface area contributed by atoms with E-state index in [1.165, 1.54) is 11.8 Å². The molecule has 0 radical (unpaired) electrons. The maximum Gasteiger partial charge on any atom is 0.268 e. The van der Waals surface area contributed by atoms with Gasteiger partial charge >= 0.3 is 0 Å². The molecule has 1 aromatic heterocycles. The Labute approximate surface area is 107 Å². The Morgan fingerprint density at radius 2 is 2.17 bits per heavy atom. The second-order valence-electron chi connectivity index (χ2n) is 4.02. The summed E-state index contributed by atoms with van der Waals surface area (Å²) in [5.74, 6) is 0. The van der Waals surface area contributed by atoms with E-state index in [2.05, 4.69) is 5.10 Å². The van der Waals surface area contributed by atoms with Gasteiger partial charge in [-0.05, 0) is 13.8 Å². The maximum absolute atomic E-state index is 11.8. The number of aliphatic hydroxyl groups excluding tert-OH is 1. The Morgan fingerprint density at radius 1 is 1.50 bits per heavy atom. The summed E-state index contributed by atoms with van der Waals surface area (Å²) in [5.41, 5.74) is 0.594. The lowest BCUT2D eigenvalue weighted by Gasteiger charge is -2.20. The Bertz CT molecular complexity index is 415. The van der Waals surface area contributed by atoms with E-state index in [0.29, 0.717) is 0 Å². The molecule has 1 N–H and O–H groups in total. The van der Waals surface area contributed by atoms with Gasteiger partial charge < -0.3 is 14.7 Å². The summed E-state index contributed by atoms with van der Waals surface area (Å²) in [6, 6.07) is 1.54. The predicted octanol–water partition coefficient (Wildman–Crippen LogP) is 0.0968. The third-order valence-corrected chi connectivity index (χ3v) is 2.73. The maximum atomic E-state index is 11.8. The van der Waals surface area contributed by atoms with Gasteiger partial charge in [0, 0.05) is 26.3 Å². The van der Waals surface area contributed by atoms with Crippen molar-refractivity contribution in [2.24, 2.45) is 0 Å². The monoisotopic (exact) mass is 255 g/mol. The molecule has 0 saturated carbocycles. The van der Waals surface area contributed by atoms with Crippen molar-refractivity contribution in [3.8, 4) is 0 Å². The van der Waals surface area contributed by atoms with E-state index in [-0.39, 0.29) is 18.7 Å². The van der Waals surface area contributed by atoms with Crippen LogP contribution in [0.15, 0.2) is 17.1 Å². The van der Waals surface area contributed by atoms with E-state index in [9.17, 15) is 9.90 Å². The first-order valence-corrected chi connectivity index (χ1v) is 6.11. The van der Waals surface area contributed by atoms with Crippen molar-refractivity contribution in [2.75, 3.05) is 31.7 Å². The zero-order valence-corrected chi connectivity index (χ0v) is 11.2. The smallest absolute Gasteiger partial charge is 0.268 e. The van der Waals surface area contributed by atoms with Crippen LogP contribution < -0.4 is 10.5 Å². The molecule has 0 aliphatic rings. The van der Waals surface area contributed by atoms with Crippen molar-refractivity contribution in [3.63, 3.8) is 0 Å². The molecule has 1 atom stereocenters. The number of aromatic nitrogens is 2. The highest BCUT2D eigenvalue weighted by Crippen LogP contribution is 2.08. The number of methoxy groups -OCH3 is 1. The lowest BCUT2D eigenvalue weighted by Crippen LogP contribution is -2.32. The van der Waals surface area contributed by atoms with E-state index >= 15 is 0 Å². The molecular formula is C12H21N3O3. The number of anilines is 1. The van der Waals surface area contributed by atoms with Crippen molar-refractivity contribution in [1.82, 2.24) is 9.78 Å². The van der Waals surface area contributed by atoms with Crippen molar-refractivity contribution in [2.45, 2.75) is 26.5 Å². The summed E-state index contributed by atoms with van der Waals surface area (Å²) in [5, 5.41) is 13.6. The van der Waals surface area contributed by atoms with Crippen LogP contribution in [0.1, 0.15) is 13.8 Å². The van der Waals surface area contributed by atoms with Gasteiger partial charge in [0.05, 0.1) is 31.1 Å². The number of ether oxygens (including phenoxy) is 1. The topological polar surface area (TPSA) is 67.6 Å². The van der Waals surface area contributed by atoms with E-state index in [4.69, 9.17) is 4.74 Å². The van der Waals surface area contributed by atoms with Gasteiger partial charge in [0.2, 0.25) is 0 Å². The summed E-state index contributed by atoms with van der Waals surface area (Å²) in [4.78, 5) is 13.9. The van der Waals surface area contributed by atoms with E-state index < -0.39 is 6.10 Å². The van der Waals surface area contributed by atoms with Gasteiger partial charge in [0.15, 0.2) is 0 Å². The van der Waals surface area contributed by atoms with Gasteiger partial charge in [0.25, 0.3) is 5.56 Å². The molecular weight excluding hydrogens is 234 g/mol. The number of aliphatic hydroxyl groups is 1. The van der Waals surface area contributed by atoms with Crippen LogP contribution in [0.3, 0.4) is 0 Å². The first-order chi connectivity index (χ1) is 8.62. The van der Waals surface area contributed by atoms with Crippen LogP contribution >= 0.6 is 0 Å². The van der Waals surface area contributed by atoms with E-state index in [1.807, 2.05) is 18.7 Å². The molecule has 1 unspecified atom stereocenters. The Kier molecular flexibility index (Phi) is 5.80. The highest BCUT2D eigenvalue weighted by Gasteiger charge is 2.09. The van der Waals surface area contributed by atoms with E-state index in [1.54, 1.807) is 12.3 Å². The van der Waals surface area contributed by atoms with Gasteiger partial charge in [-0.25, -0.2) is 4.68 Å². The normalized spacial score (nSPS) is 12.4. The molecule has 1 rings (SSSR count). The van der Waals surface area contributed by atoms with Gasteiger partial charge in [-0.2, -0.15) is 5.10 Å². The van der Waals surface area contributed by atoms with Crippen molar-refractivity contribution in [1.29, 1.82) is 0 Å². The number of hydrogen-bond donors (Lipinski definition) is 1. The molecule has 6 heteroatoms. The Hall–Kier alpha value is -1.40. The fraction of sp³-hybridized carbons (Fsp3) is 0.667. The average molecular weight is 255 g/mol. The molecule has 18 heavy (non-hydrogen) atoms. The van der Waals surface area contributed by atoms with Crippen LogP contribution in [0.5, 0.6) is 0 Å². The van der Waals surface area contributed by atoms with E-state index in [0.717, 1.165) is 18.8 Å².